The van der Waals surface area contributed by atoms with Crippen molar-refractivity contribution in [3.63, 3.8) is 0 Å². The quantitative estimate of drug-likeness (QED) is 0.805. The Hall–Kier alpha value is -2.70. The molecule has 1 aliphatic heterocycles. The highest BCUT2D eigenvalue weighted by Crippen LogP contribution is 2.22. The summed E-state index contributed by atoms with van der Waals surface area (Å²) in [5, 5.41) is 13.5. The summed E-state index contributed by atoms with van der Waals surface area (Å²) in [6.45, 7) is 5.86. The van der Waals surface area contributed by atoms with Crippen LogP contribution < -0.4 is 10.6 Å². The Bertz CT molecular complexity index is 808. The van der Waals surface area contributed by atoms with Crippen molar-refractivity contribution in [2.75, 3.05) is 5.32 Å². The molecule has 3 rings (SSSR count). The Kier molecular flexibility index (Phi) is 4.33. The van der Waals surface area contributed by atoms with Crippen LogP contribution in [0.5, 0.6) is 0 Å². The molecule has 0 radical (unpaired) electrons. The van der Waals surface area contributed by atoms with E-state index in [1.807, 2.05) is 18.2 Å². The number of hydrogen-bond donors (Lipinski definition) is 3. The topological polar surface area (TPSA) is 99.2 Å². The van der Waals surface area contributed by atoms with Crippen LogP contribution in [0.3, 0.4) is 0 Å². The van der Waals surface area contributed by atoms with Crippen molar-refractivity contribution in [1.82, 2.24) is 15.5 Å². The number of aromatic amines is 1. The highest BCUT2D eigenvalue weighted by molar-refractivity contribution is 6.13. The van der Waals surface area contributed by atoms with E-state index in [1.54, 1.807) is 13.1 Å². The van der Waals surface area contributed by atoms with Crippen LogP contribution in [-0.4, -0.2) is 33.9 Å². The Morgan fingerprint density at radius 3 is 2.92 bits per heavy atom. The van der Waals surface area contributed by atoms with Crippen LogP contribution in [0, 0.1) is 11.8 Å². The van der Waals surface area contributed by atoms with Gasteiger partial charge in [-0.2, -0.15) is 5.10 Å². The molecular weight excluding hydrogens is 306 g/mol. The van der Waals surface area contributed by atoms with Crippen LogP contribution in [0.4, 0.5) is 10.5 Å². The van der Waals surface area contributed by atoms with Gasteiger partial charge in [-0.1, -0.05) is 13.8 Å². The fourth-order valence-corrected chi connectivity index (χ4v) is 3.11. The van der Waals surface area contributed by atoms with Gasteiger partial charge < -0.3 is 10.6 Å². The van der Waals surface area contributed by atoms with E-state index in [0.29, 0.717) is 17.3 Å². The first-order valence-electron chi connectivity index (χ1n) is 8.03. The monoisotopic (exact) mass is 327 g/mol. The Balaban J connectivity index is 1.82. The first-order chi connectivity index (χ1) is 11.4. The zero-order chi connectivity index (χ0) is 17.3. The maximum atomic E-state index is 12.8. The van der Waals surface area contributed by atoms with Gasteiger partial charge in [-0.3, -0.25) is 9.89 Å². The zero-order valence-corrected chi connectivity index (χ0v) is 14.0. The summed E-state index contributed by atoms with van der Waals surface area (Å²) < 4.78 is 0. The number of carbonyl (C=O) groups excluding carboxylic acids is 2. The molecule has 7 nitrogen and oxygen atoms in total. The molecule has 1 aromatic carbocycles. The summed E-state index contributed by atoms with van der Waals surface area (Å²) in [6.07, 6.45) is 2.43. The summed E-state index contributed by atoms with van der Waals surface area (Å²) >= 11 is 0. The molecule has 2 heterocycles. The molecule has 0 fully saturated rings. The summed E-state index contributed by atoms with van der Waals surface area (Å²) in [5.41, 5.74) is 2.15. The van der Waals surface area contributed by atoms with Gasteiger partial charge in [-0.25, -0.2) is 9.79 Å². The molecule has 3 amide bonds. The van der Waals surface area contributed by atoms with Gasteiger partial charge in [-0.15, -0.1) is 0 Å². The molecule has 0 aliphatic carbocycles. The molecule has 1 aliphatic rings. The standard InChI is InChI=1S/C17H21N5O2/c1-9(2)6-14-15(10(3)19-17(24)21-14)16(23)20-12-4-5-13-11(7-12)8-18-22-13/h4-5,7-9,14-15H,6H2,1-3H3,(H,18,22)(H,20,23)(H,21,24). The van der Waals surface area contributed by atoms with Crippen molar-refractivity contribution in [3.8, 4) is 0 Å². The number of hydrogen-bond acceptors (Lipinski definition) is 3. The maximum Gasteiger partial charge on any atom is 0.341 e. The number of amides is 3. The van der Waals surface area contributed by atoms with Gasteiger partial charge in [0.25, 0.3) is 0 Å². The summed E-state index contributed by atoms with van der Waals surface area (Å²) in [7, 11) is 0. The molecule has 126 valence electrons. The second-order valence-electron chi connectivity index (χ2n) is 6.58. The molecule has 7 heteroatoms. The van der Waals surface area contributed by atoms with Crippen LogP contribution in [0.15, 0.2) is 29.4 Å². The van der Waals surface area contributed by atoms with Crippen LogP contribution in [0.25, 0.3) is 10.9 Å². The van der Waals surface area contributed by atoms with E-state index in [0.717, 1.165) is 17.3 Å². The Morgan fingerprint density at radius 1 is 1.38 bits per heavy atom. The van der Waals surface area contributed by atoms with E-state index < -0.39 is 5.92 Å². The second-order valence-corrected chi connectivity index (χ2v) is 6.58. The number of carbonyl (C=O) groups is 2. The average molecular weight is 327 g/mol. The number of aliphatic imine (C=N–C) groups is 1. The minimum atomic E-state index is -0.467. The molecular formula is C17H21N5O2. The maximum absolute atomic E-state index is 12.8. The smallest absolute Gasteiger partial charge is 0.332 e. The predicted octanol–water partition coefficient (Wildman–Crippen LogP) is 2.72. The summed E-state index contributed by atoms with van der Waals surface area (Å²) in [4.78, 5) is 28.4. The average Bonchev–Trinajstić information content (AvgIpc) is 2.93. The van der Waals surface area contributed by atoms with Crippen molar-refractivity contribution >= 4 is 34.2 Å². The third-order valence-electron chi connectivity index (χ3n) is 4.15. The van der Waals surface area contributed by atoms with Crippen LogP contribution in [0.1, 0.15) is 27.2 Å². The van der Waals surface area contributed by atoms with Crippen LogP contribution >= 0.6 is 0 Å². The first kappa shape index (κ1) is 16.2. The minimum absolute atomic E-state index is 0.162. The lowest BCUT2D eigenvalue weighted by molar-refractivity contribution is -0.118. The lowest BCUT2D eigenvalue weighted by Gasteiger charge is -2.31. The molecule has 0 saturated heterocycles. The number of nitrogens with zero attached hydrogens (tertiary/aromatic N) is 2. The number of fused-ring (bicyclic) bond motifs is 1. The van der Waals surface area contributed by atoms with Gasteiger partial charge in [-0.05, 0) is 37.5 Å². The van der Waals surface area contributed by atoms with Gasteiger partial charge in [0.1, 0.15) is 0 Å². The van der Waals surface area contributed by atoms with E-state index in [9.17, 15) is 9.59 Å². The van der Waals surface area contributed by atoms with Gasteiger partial charge >= 0.3 is 6.03 Å². The van der Waals surface area contributed by atoms with Gasteiger partial charge in [0.2, 0.25) is 5.91 Å². The van der Waals surface area contributed by atoms with Gasteiger partial charge in [0.05, 0.1) is 17.6 Å². The molecule has 0 spiro atoms. The second kappa shape index (κ2) is 6.43. The SMILES string of the molecule is CC1=NC(=O)NC(CC(C)C)C1C(=O)Nc1ccc2[nH]ncc2c1. The molecule has 2 atom stereocenters. The van der Waals surface area contributed by atoms with Crippen molar-refractivity contribution in [1.29, 1.82) is 0 Å². The highest BCUT2D eigenvalue weighted by atomic mass is 16.2. The first-order valence-corrected chi connectivity index (χ1v) is 8.03. The molecule has 1 aromatic heterocycles. The zero-order valence-electron chi connectivity index (χ0n) is 14.0. The van der Waals surface area contributed by atoms with E-state index >= 15 is 0 Å². The van der Waals surface area contributed by atoms with E-state index in [4.69, 9.17) is 0 Å². The largest absolute Gasteiger partial charge is 0.341 e. The third-order valence-corrected chi connectivity index (χ3v) is 4.15. The van der Waals surface area contributed by atoms with Crippen molar-refractivity contribution < 1.29 is 9.59 Å². The molecule has 0 bridgehead atoms. The molecule has 24 heavy (non-hydrogen) atoms. The lowest BCUT2D eigenvalue weighted by Crippen LogP contribution is -2.51. The number of rotatable bonds is 4. The van der Waals surface area contributed by atoms with Gasteiger partial charge in [0, 0.05) is 22.8 Å². The van der Waals surface area contributed by atoms with E-state index in [-0.39, 0.29) is 18.0 Å². The lowest BCUT2D eigenvalue weighted by atomic mass is 9.87. The minimum Gasteiger partial charge on any atom is -0.332 e. The fraction of sp³-hybridized carbons (Fsp3) is 0.412. The van der Waals surface area contributed by atoms with Crippen LogP contribution in [0.2, 0.25) is 0 Å². The van der Waals surface area contributed by atoms with E-state index in [2.05, 4.69) is 39.7 Å². The van der Waals surface area contributed by atoms with Crippen molar-refractivity contribution in [2.24, 2.45) is 16.8 Å². The molecule has 3 N–H and O–H groups in total. The third kappa shape index (κ3) is 3.29. The van der Waals surface area contributed by atoms with Crippen molar-refractivity contribution in [3.05, 3.63) is 24.4 Å². The Morgan fingerprint density at radius 2 is 2.17 bits per heavy atom. The molecule has 2 unspecified atom stereocenters. The number of anilines is 1. The highest BCUT2D eigenvalue weighted by Gasteiger charge is 2.36. The van der Waals surface area contributed by atoms with E-state index in [1.165, 1.54) is 0 Å². The molecule has 2 aromatic rings. The number of urea groups is 1. The molecule has 0 saturated carbocycles. The summed E-state index contributed by atoms with van der Waals surface area (Å²) in [5.74, 6) is -0.270. The number of aromatic nitrogens is 2. The Labute approximate surface area is 139 Å². The fourth-order valence-electron chi connectivity index (χ4n) is 3.11. The predicted molar refractivity (Wildman–Crippen MR) is 93.1 cm³/mol. The number of benzene rings is 1. The summed E-state index contributed by atoms with van der Waals surface area (Å²) in [6, 6.07) is 4.94. The van der Waals surface area contributed by atoms with Crippen LogP contribution in [-0.2, 0) is 4.79 Å². The van der Waals surface area contributed by atoms with Gasteiger partial charge in [0.15, 0.2) is 0 Å². The van der Waals surface area contributed by atoms with Crippen molar-refractivity contribution in [2.45, 2.75) is 33.2 Å². The number of H-pyrrole nitrogens is 1. The normalized spacial score (nSPS) is 20.8. The number of nitrogens with one attached hydrogen (secondary N) is 3.